The van der Waals surface area contributed by atoms with Gasteiger partial charge in [0, 0.05) is 19.5 Å². The molecule has 3 rings (SSSR count). The van der Waals surface area contributed by atoms with Gasteiger partial charge >= 0.3 is 0 Å². The Morgan fingerprint density at radius 1 is 1.28 bits per heavy atom. The van der Waals surface area contributed by atoms with E-state index >= 15 is 0 Å². The minimum Gasteiger partial charge on any atom is -0.504 e. The van der Waals surface area contributed by atoms with Crippen molar-refractivity contribution in [3.8, 4) is 11.5 Å². The van der Waals surface area contributed by atoms with Crippen LogP contribution in [-0.4, -0.2) is 40.0 Å². The van der Waals surface area contributed by atoms with Crippen molar-refractivity contribution in [3.63, 3.8) is 0 Å². The summed E-state index contributed by atoms with van der Waals surface area (Å²) in [6, 6.07) is 8.13. The monoisotopic (exact) mass is 344 g/mol. The van der Waals surface area contributed by atoms with E-state index in [4.69, 9.17) is 4.42 Å². The highest BCUT2D eigenvalue weighted by molar-refractivity contribution is 5.89. The molecular formula is C18H20N2O5. The van der Waals surface area contributed by atoms with Gasteiger partial charge in [-0.05, 0) is 36.2 Å². The van der Waals surface area contributed by atoms with E-state index in [-0.39, 0.29) is 35.7 Å². The molecule has 2 aromatic rings. The molecule has 3 N–H and O–H groups in total. The fraction of sp³-hybridized carbons (Fsp3) is 0.333. The summed E-state index contributed by atoms with van der Waals surface area (Å²) in [5.41, 5.74) is 0.803. The van der Waals surface area contributed by atoms with Gasteiger partial charge in [0.05, 0.1) is 18.7 Å². The highest BCUT2D eigenvalue weighted by atomic mass is 16.3. The smallest absolute Gasteiger partial charge is 0.225 e. The average Bonchev–Trinajstić information content (AvgIpc) is 3.21. The van der Waals surface area contributed by atoms with Crippen molar-refractivity contribution in [2.75, 3.05) is 13.1 Å². The van der Waals surface area contributed by atoms with Crippen molar-refractivity contribution in [3.05, 3.63) is 47.9 Å². The van der Waals surface area contributed by atoms with E-state index in [1.807, 2.05) is 0 Å². The first-order valence-electron chi connectivity index (χ1n) is 8.11. The van der Waals surface area contributed by atoms with Gasteiger partial charge < -0.3 is 24.8 Å². The van der Waals surface area contributed by atoms with Gasteiger partial charge in [-0.15, -0.1) is 0 Å². The Hall–Kier alpha value is -2.96. The normalized spacial score (nSPS) is 17.0. The second-order valence-electron chi connectivity index (χ2n) is 6.12. The van der Waals surface area contributed by atoms with Crippen molar-refractivity contribution < 1.29 is 24.2 Å². The van der Waals surface area contributed by atoms with Gasteiger partial charge in [0.1, 0.15) is 5.76 Å². The van der Waals surface area contributed by atoms with Crippen molar-refractivity contribution in [1.82, 2.24) is 10.2 Å². The number of amides is 2. The van der Waals surface area contributed by atoms with Crippen LogP contribution in [0.4, 0.5) is 0 Å². The first-order valence-corrected chi connectivity index (χ1v) is 8.11. The van der Waals surface area contributed by atoms with Crippen LogP contribution < -0.4 is 5.32 Å². The molecule has 1 fully saturated rings. The number of likely N-dealkylation sites (tertiary alicyclic amines) is 1. The fourth-order valence-corrected chi connectivity index (χ4v) is 2.89. The third kappa shape index (κ3) is 4.12. The Bertz CT molecular complexity index is 757. The van der Waals surface area contributed by atoms with E-state index < -0.39 is 0 Å². The second-order valence-corrected chi connectivity index (χ2v) is 6.12. The number of nitrogens with one attached hydrogen (secondary N) is 1. The Balaban J connectivity index is 1.47. The van der Waals surface area contributed by atoms with Crippen LogP contribution in [0.1, 0.15) is 17.7 Å². The van der Waals surface area contributed by atoms with E-state index in [0.29, 0.717) is 31.8 Å². The number of phenols is 2. The van der Waals surface area contributed by atoms with Crippen LogP contribution in [0, 0.1) is 5.92 Å². The van der Waals surface area contributed by atoms with Gasteiger partial charge in [-0.2, -0.15) is 0 Å². The van der Waals surface area contributed by atoms with Crippen LogP contribution in [0.5, 0.6) is 11.5 Å². The predicted molar refractivity (Wildman–Crippen MR) is 88.7 cm³/mol. The van der Waals surface area contributed by atoms with Gasteiger partial charge in [-0.1, -0.05) is 6.07 Å². The number of hydrogen-bond donors (Lipinski definition) is 3. The number of hydrogen-bond acceptors (Lipinski definition) is 5. The number of carbonyl (C=O) groups is 2. The molecule has 1 aromatic heterocycles. The SMILES string of the molecule is O=C(NCCc1ccc(O)c(O)c1)C1CC(=O)N(Cc2ccco2)C1. The lowest BCUT2D eigenvalue weighted by atomic mass is 10.1. The van der Waals surface area contributed by atoms with Crippen LogP contribution in [0.3, 0.4) is 0 Å². The number of carbonyl (C=O) groups excluding carboxylic acids is 2. The third-order valence-electron chi connectivity index (χ3n) is 4.26. The zero-order valence-electron chi connectivity index (χ0n) is 13.6. The maximum atomic E-state index is 12.2. The van der Waals surface area contributed by atoms with Gasteiger partial charge in [0.2, 0.25) is 11.8 Å². The lowest BCUT2D eigenvalue weighted by Crippen LogP contribution is -2.34. The van der Waals surface area contributed by atoms with Gasteiger partial charge in [0.15, 0.2) is 11.5 Å². The molecule has 7 heteroatoms. The molecule has 0 saturated carbocycles. The van der Waals surface area contributed by atoms with Gasteiger partial charge in [-0.25, -0.2) is 0 Å². The molecule has 0 radical (unpaired) electrons. The largest absolute Gasteiger partial charge is 0.504 e. The molecule has 0 spiro atoms. The zero-order valence-corrected chi connectivity index (χ0v) is 13.6. The van der Waals surface area contributed by atoms with Crippen molar-refractivity contribution in [1.29, 1.82) is 0 Å². The highest BCUT2D eigenvalue weighted by Crippen LogP contribution is 2.25. The van der Waals surface area contributed by atoms with Crippen molar-refractivity contribution in [2.45, 2.75) is 19.4 Å². The topological polar surface area (TPSA) is 103 Å². The number of phenolic OH excluding ortho intramolecular Hbond substituents is 2. The zero-order chi connectivity index (χ0) is 17.8. The Labute approximate surface area is 144 Å². The molecule has 132 valence electrons. The first-order chi connectivity index (χ1) is 12.0. The molecule has 1 aromatic carbocycles. The van der Waals surface area contributed by atoms with Crippen molar-refractivity contribution in [2.24, 2.45) is 5.92 Å². The van der Waals surface area contributed by atoms with Gasteiger partial charge in [-0.3, -0.25) is 9.59 Å². The Kier molecular flexibility index (Phi) is 4.92. The van der Waals surface area contributed by atoms with E-state index in [2.05, 4.69) is 5.32 Å². The van der Waals surface area contributed by atoms with E-state index in [0.717, 1.165) is 5.56 Å². The summed E-state index contributed by atoms with van der Waals surface area (Å²) >= 11 is 0. The maximum absolute atomic E-state index is 12.2. The van der Waals surface area contributed by atoms with E-state index in [1.54, 1.807) is 29.4 Å². The number of benzene rings is 1. The molecule has 0 aliphatic carbocycles. The van der Waals surface area contributed by atoms with Crippen molar-refractivity contribution >= 4 is 11.8 Å². The summed E-state index contributed by atoms with van der Waals surface area (Å²) in [4.78, 5) is 25.9. The number of aromatic hydroxyl groups is 2. The lowest BCUT2D eigenvalue weighted by Gasteiger charge is -2.15. The predicted octanol–water partition coefficient (Wildman–Crippen LogP) is 1.40. The summed E-state index contributed by atoms with van der Waals surface area (Å²) in [7, 11) is 0. The van der Waals surface area contributed by atoms with Crippen LogP contribution >= 0.6 is 0 Å². The standard InChI is InChI=1S/C18H20N2O5/c21-15-4-3-12(8-16(15)22)5-6-19-18(24)13-9-17(23)20(10-13)11-14-2-1-7-25-14/h1-4,7-8,13,21-22H,5-6,9-11H2,(H,19,24). The highest BCUT2D eigenvalue weighted by Gasteiger charge is 2.34. The Morgan fingerprint density at radius 2 is 2.12 bits per heavy atom. The fourth-order valence-electron chi connectivity index (χ4n) is 2.89. The molecule has 7 nitrogen and oxygen atoms in total. The third-order valence-corrected chi connectivity index (χ3v) is 4.26. The quantitative estimate of drug-likeness (QED) is 0.687. The summed E-state index contributed by atoms with van der Waals surface area (Å²) in [6.45, 7) is 1.15. The number of rotatable bonds is 6. The van der Waals surface area contributed by atoms with E-state index in [1.165, 1.54) is 12.1 Å². The first kappa shape index (κ1) is 16.9. The molecule has 2 heterocycles. The van der Waals surface area contributed by atoms with Crippen LogP contribution in [0.15, 0.2) is 41.0 Å². The summed E-state index contributed by atoms with van der Waals surface area (Å²) < 4.78 is 5.24. The average molecular weight is 344 g/mol. The van der Waals surface area contributed by atoms with Crippen LogP contribution in [0.25, 0.3) is 0 Å². The van der Waals surface area contributed by atoms with E-state index in [9.17, 15) is 19.8 Å². The lowest BCUT2D eigenvalue weighted by molar-refractivity contribution is -0.129. The summed E-state index contributed by atoms with van der Waals surface area (Å²) in [5, 5.41) is 21.6. The van der Waals surface area contributed by atoms with Gasteiger partial charge in [0.25, 0.3) is 0 Å². The van der Waals surface area contributed by atoms with Crippen LogP contribution in [0.2, 0.25) is 0 Å². The number of nitrogens with zero attached hydrogens (tertiary/aromatic N) is 1. The molecule has 2 amide bonds. The molecular weight excluding hydrogens is 324 g/mol. The summed E-state index contributed by atoms with van der Waals surface area (Å²) in [6.07, 6.45) is 2.28. The minimum atomic E-state index is -0.365. The molecule has 1 aliphatic heterocycles. The molecule has 1 unspecified atom stereocenters. The minimum absolute atomic E-state index is 0.0555. The Morgan fingerprint density at radius 3 is 2.84 bits per heavy atom. The maximum Gasteiger partial charge on any atom is 0.225 e. The molecule has 1 saturated heterocycles. The second kappa shape index (κ2) is 7.29. The number of furan rings is 1. The summed E-state index contributed by atoms with van der Waals surface area (Å²) in [5.74, 6) is -0.233. The molecule has 0 bridgehead atoms. The molecule has 1 aliphatic rings. The molecule has 25 heavy (non-hydrogen) atoms. The van der Waals surface area contributed by atoms with Crippen LogP contribution in [-0.2, 0) is 22.6 Å². The molecule has 1 atom stereocenters.